The quantitative estimate of drug-likeness (QED) is 0.687. The zero-order chi connectivity index (χ0) is 17.3. The number of carbonyl (C=O) groups excluding carboxylic acids is 1. The van der Waals surface area contributed by atoms with Crippen LogP contribution in [-0.4, -0.2) is 21.2 Å². The maximum Gasteiger partial charge on any atom is 0.416 e. The largest absolute Gasteiger partial charge is 0.416 e. The van der Waals surface area contributed by atoms with Crippen LogP contribution >= 0.6 is 0 Å². The number of hydrogen-bond acceptors (Lipinski definition) is 3. The zero-order valence-electron chi connectivity index (χ0n) is 12.1. The summed E-state index contributed by atoms with van der Waals surface area (Å²) in [6, 6.07) is 8.79. The van der Waals surface area contributed by atoms with Crippen molar-refractivity contribution >= 4 is 22.5 Å². The van der Waals surface area contributed by atoms with Crippen LogP contribution in [0.4, 0.5) is 18.9 Å². The van der Waals surface area contributed by atoms with Gasteiger partial charge in [-0.3, -0.25) is 9.89 Å². The first-order valence-corrected chi connectivity index (χ1v) is 6.94. The van der Waals surface area contributed by atoms with Gasteiger partial charge in [-0.05, 0) is 35.9 Å². The van der Waals surface area contributed by atoms with E-state index in [0.717, 1.165) is 35.2 Å². The van der Waals surface area contributed by atoms with E-state index in [2.05, 4.69) is 15.5 Å². The van der Waals surface area contributed by atoms with Crippen LogP contribution in [0.3, 0.4) is 0 Å². The molecule has 0 saturated heterocycles. The number of carbonyl (C=O) groups is 1. The smallest absolute Gasteiger partial charge is 0.378 e. The third-order valence-corrected chi connectivity index (χ3v) is 3.51. The minimum Gasteiger partial charge on any atom is -0.378 e. The van der Waals surface area contributed by atoms with Crippen LogP contribution in [-0.2, 0) is 11.0 Å². The number of H-pyrrole nitrogens is 1. The van der Waals surface area contributed by atoms with E-state index in [-0.39, 0.29) is 5.56 Å². The molecular weight excluding hydrogens is 323 g/mol. The van der Waals surface area contributed by atoms with Gasteiger partial charge in [-0.25, -0.2) is 0 Å². The molecule has 0 aliphatic heterocycles. The fourth-order valence-electron chi connectivity index (χ4n) is 2.24. The van der Waals surface area contributed by atoms with Crippen molar-refractivity contribution in [1.82, 2.24) is 10.2 Å². The summed E-state index contributed by atoms with van der Waals surface area (Å²) in [6.45, 7) is 0. The monoisotopic (exact) mass is 335 g/mol. The van der Waals surface area contributed by atoms with Gasteiger partial charge in [0.25, 0.3) is 5.91 Å². The second kappa shape index (κ2) is 5.97. The number of fused-ring (bicyclic) bond motifs is 1. The number of anilines is 1. The normalized spacial score (nSPS) is 13.0. The average Bonchev–Trinajstić information content (AvgIpc) is 3.01. The predicted octanol–water partition coefficient (Wildman–Crippen LogP) is 3.25. The van der Waals surface area contributed by atoms with Crippen molar-refractivity contribution in [3.05, 3.63) is 59.8 Å². The summed E-state index contributed by atoms with van der Waals surface area (Å²) in [5.41, 5.74) is 0.463. The van der Waals surface area contributed by atoms with Crippen molar-refractivity contribution in [2.24, 2.45) is 0 Å². The van der Waals surface area contributed by atoms with Gasteiger partial charge >= 0.3 is 6.18 Å². The number of halogens is 3. The number of amides is 1. The van der Waals surface area contributed by atoms with Crippen LogP contribution in [0, 0.1) is 0 Å². The van der Waals surface area contributed by atoms with Gasteiger partial charge in [0, 0.05) is 11.1 Å². The summed E-state index contributed by atoms with van der Waals surface area (Å²) in [4.78, 5) is 12.1. The molecule has 24 heavy (non-hydrogen) atoms. The molecule has 124 valence electrons. The third-order valence-electron chi connectivity index (χ3n) is 3.51. The first-order chi connectivity index (χ1) is 11.3. The third kappa shape index (κ3) is 3.23. The molecule has 0 saturated carbocycles. The van der Waals surface area contributed by atoms with E-state index in [1.54, 1.807) is 24.4 Å². The van der Waals surface area contributed by atoms with Crippen molar-refractivity contribution in [1.29, 1.82) is 0 Å². The molecule has 5 nitrogen and oxygen atoms in total. The number of aliphatic hydroxyl groups excluding tert-OH is 1. The Morgan fingerprint density at radius 1 is 1.17 bits per heavy atom. The second-order valence-electron chi connectivity index (χ2n) is 5.18. The Hall–Kier alpha value is -2.87. The molecule has 0 fully saturated rings. The minimum absolute atomic E-state index is 0.0740. The molecule has 0 aliphatic rings. The first-order valence-electron chi connectivity index (χ1n) is 6.94. The Labute approximate surface area is 134 Å². The van der Waals surface area contributed by atoms with Gasteiger partial charge in [-0.15, -0.1) is 0 Å². The molecule has 8 heteroatoms. The van der Waals surface area contributed by atoms with E-state index >= 15 is 0 Å². The number of aromatic amines is 1. The van der Waals surface area contributed by atoms with Crippen molar-refractivity contribution in [2.45, 2.75) is 12.3 Å². The summed E-state index contributed by atoms with van der Waals surface area (Å²) in [7, 11) is 0. The summed E-state index contributed by atoms with van der Waals surface area (Å²) < 4.78 is 37.6. The second-order valence-corrected chi connectivity index (χ2v) is 5.18. The Bertz CT molecular complexity index is 872. The molecule has 1 unspecified atom stereocenters. The van der Waals surface area contributed by atoms with Crippen molar-refractivity contribution < 1.29 is 23.1 Å². The molecule has 3 aromatic rings. The van der Waals surface area contributed by atoms with Crippen molar-refractivity contribution in [2.75, 3.05) is 5.32 Å². The molecule has 0 bridgehead atoms. The Morgan fingerprint density at radius 3 is 2.54 bits per heavy atom. The summed E-state index contributed by atoms with van der Waals surface area (Å²) in [5.74, 6) is -0.738. The van der Waals surface area contributed by atoms with Crippen LogP contribution in [0.5, 0.6) is 0 Å². The van der Waals surface area contributed by atoms with E-state index in [0.29, 0.717) is 5.69 Å². The standard InChI is InChI=1S/C16H12F3N3O2/c17-16(18,19)11-3-1-9(2-4-11)14(23)15(24)21-12-5-6-13-10(7-12)8-20-22-13/h1-8,14,23H,(H,20,22)(H,21,24). The lowest BCUT2D eigenvalue weighted by molar-refractivity contribution is -0.137. The van der Waals surface area contributed by atoms with E-state index in [1.807, 2.05) is 0 Å². The van der Waals surface area contributed by atoms with E-state index in [9.17, 15) is 23.1 Å². The van der Waals surface area contributed by atoms with Crippen LogP contribution in [0.15, 0.2) is 48.7 Å². The predicted molar refractivity (Wildman–Crippen MR) is 81.1 cm³/mol. The lowest BCUT2D eigenvalue weighted by Gasteiger charge is -2.13. The van der Waals surface area contributed by atoms with Crippen LogP contribution in [0.2, 0.25) is 0 Å². The van der Waals surface area contributed by atoms with E-state index < -0.39 is 23.8 Å². The number of aliphatic hydroxyl groups is 1. The highest BCUT2D eigenvalue weighted by Crippen LogP contribution is 2.30. The van der Waals surface area contributed by atoms with Gasteiger partial charge in [0.2, 0.25) is 0 Å². The number of alkyl halides is 3. The molecule has 1 heterocycles. The lowest BCUT2D eigenvalue weighted by atomic mass is 10.1. The van der Waals surface area contributed by atoms with E-state index in [1.165, 1.54) is 0 Å². The molecule has 3 rings (SSSR count). The lowest BCUT2D eigenvalue weighted by Crippen LogP contribution is -2.21. The van der Waals surface area contributed by atoms with Crippen LogP contribution in [0.25, 0.3) is 10.9 Å². The van der Waals surface area contributed by atoms with Crippen molar-refractivity contribution in [3.63, 3.8) is 0 Å². The summed E-state index contributed by atoms with van der Waals surface area (Å²) >= 11 is 0. The Morgan fingerprint density at radius 2 is 1.88 bits per heavy atom. The zero-order valence-corrected chi connectivity index (χ0v) is 12.1. The number of aromatic nitrogens is 2. The molecule has 0 spiro atoms. The summed E-state index contributed by atoms with van der Waals surface area (Å²) in [6.07, 6.45) is -4.46. The van der Waals surface area contributed by atoms with Crippen LogP contribution in [0.1, 0.15) is 17.2 Å². The fraction of sp³-hybridized carbons (Fsp3) is 0.125. The molecule has 0 radical (unpaired) electrons. The Kier molecular flexibility index (Phi) is 3.98. The molecule has 0 aliphatic carbocycles. The average molecular weight is 335 g/mol. The highest BCUT2D eigenvalue weighted by atomic mass is 19.4. The van der Waals surface area contributed by atoms with Gasteiger partial charge in [0.1, 0.15) is 0 Å². The van der Waals surface area contributed by atoms with Gasteiger partial charge in [0.15, 0.2) is 6.10 Å². The van der Waals surface area contributed by atoms with Crippen molar-refractivity contribution in [3.8, 4) is 0 Å². The van der Waals surface area contributed by atoms with Gasteiger partial charge in [-0.2, -0.15) is 18.3 Å². The number of hydrogen-bond donors (Lipinski definition) is 3. The van der Waals surface area contributed by atoms with Gasteiger partial charge in [-0.1, -0.05) is 12.1 Å². The molecule has 3 N–H and O–H groups in total. The van der Waals surface area contributed by atoms with Gasteiger partial charge in [0.05, 0.1) is 17.3 Å². The number of rotatable bonds is 3. The Balaban J connectivity index is 1.74. The number of nitrogens with zero attached hydrogens (tertiary/aromatic N) is 1. The highest BCUT2D eigenvalue weighted by Gasteiger charge is 2.30. The molecular formula is C16H12F3N3O2. The molecule has 1 aromatic heterocycles. The molecule has 2 aromatic carbocycles. The topological polar surface area (TPSA) is 78.0 Å². The maximum absolute atomic E-state index is 12.5. The van der Waals surface area contributed by atoms with Crippen LogP contribution < -0.4 is 5.32 Å². The molecule has 1 atom stereocenters. The molecule has 1 amide bonds. The number of benzene rings is 2. The summed E-state index contributed by atoms with van der Waals surface area (Å²) in [5, 5.41) is 19.9. The van der Waals surface area contributed by atoms with Gasteiger partial charge < -0.3 is 10.4 Å². The fourth-order valence-corrected chi connectivity index (χ4v) is 2.24. The number of nitrogens with one attached hydrogen (secondary N) is 2. The highest BCUT2D eigenvalue weighted by molar-refractivity contribution is 5.96. The minimum atomic E-state index is -4.47. The first kappa shape index (κ1) is 16.0. The maximum atomic E-state index is 12.5. The van der Waals surface area contributed by atoms with E-state index in [4.69, 9.17) is 0 Å². The SMILES string of the molecule is O=C(Nc1ccc2[nH]ncc2c1)C(O)c1ccc(C(F)(F)F)cc1.